The SMILES string of the molecule is CCn1c(Sc2ccc(C(C)NC)cc2Cl)n[nH]c1=O. The molecule has 0 aliphatic heterocycles. The van der Waals surface area contributed by atoms with E-state index in [9.17, 15) is 4.79 Å². The molecule has 0 aliphatic carbocycles. The average molecular weight is 313 g/mol. The zero-order valence-electron chi connectivity index (χ0n) is 11.6. The standard InChI is InChI=1S/C13H17ClN4OS/c1-4-18-12(19)16-17-13(18)20-11-6-5-9(7-10(11)14)8(2)15-3/h5-8,15H,4H2,1-3H3,(H,16,19). The molecule has 1 aromatic heterocycles. The summed E-state index contributed by atoms with van der Waals surface area (Å²) in [6.45, 7) is 4.55. The smallest absolute Gasteiger partial charge is 0.313 e. The fourth-order valence-electron chi connectivity index (χ4n) is 1.79. The molecule has 5 nitrogen and oxygen atoms in total. The lowest BCUT2D eigenvalue weighted by atomic mass is 10.1. The molecule has 0 amide bonds. The molecule has 0 bridgehead atoms. The molecule has 7 heteroatoms. The van der Waals surface area contributed by atoms with Crippen LogP contribution in [0.4, 0.5) is 0 Å². The molecule has 2 N–H and O–H groups in total. The van der Waals surface area contributed by atoms with Gasteiger partial charge in [-0.2, -0.15) is 0 Å². The van der Waals surface area contributed by atoms with Crippen molar-refractivity contribution in [2.24, 2.45) is 0 Å². The lowest BCUT2D eigenvalue weighted by molar-refractivity contribution is 0.651. The van der Waals surface area contributed by atoms with E-state index >= 15 is 0 Å². The highest BCUT2D eigenvalue weighted by Crippen LogP contribution is 2.33. The van der Waals surface area contributed by atoms with Gasteiger partial charge in [-0.25, -0.2) is 9.89 Å². The highest BCUT2D eigenvalue weighted by atomic mass is 35.5. The van der Waals surface area contributed by atoms with Gasteiger partial charge in [-0.3, -0.25) is 4.57 Å². The second-order valence-corrected chi connectivity index (χ2v) is 5.77. The van der Waals surface area contributed by atoms with Crippen LogP contribution in [0.3, 0.4) is 0 Å². The Morgan fingerprint density at radius 1 is 1.55 bits per heavy atom. The second-order valence-electron chi connectivity index (χ2n) is 4.36. The summed E-state index contributed by atoms with van der Waals surface area (Å²) in [6.07, 6.45) is 0. The average Bonchev–Trinajstić information content (AvgIpc) is 2.80. The Bertz CT molecular complexity index is 652. The minimum absolute atomic E-state index is 0.202. The Labute approximate surface area is 126 Å². The Hall–Kier alpha value is -1.24. The fourth-order valence-corrected chi connectivity index (χ4v) is 3.00. The van der Waals surface area contributed by atoms with Gasteiger partial charge < -0.3 is 5.32 Å². The number of H-pyrrole nitrogens is 1. The number of aromatic nitrogens is 3. The molecule has 0 saturated heterocycles. The minimum atomic E-state index is -0.202. The largest absolute Gasteiger partial charge is 0.343 e. The molecule has 0 radical (unpaired) electrons. The quantitative estimate of drug-likeness (QED) is 0.891. The summed E-state index contributed by atoms with van der Waals surface area (Å²) in [7, 11) is 1.91. The molecule has 1 heterocycles. The van der Waals surface area contributed by atoms with Gasteiger partial charge in [0.2, 0.25) is 0 Å². The van der Waals surface area contributed by atoms with Crippen LogP contribution in [0.15, 0.2) is 33.0 Å². The van der Waals surface area contributed by atoms with Gasteiger partial charge in [0, 0.05) is 17.5 Å². The first-order valence-electron chi connectivity index (χ1n) is 6.36. The van der Waals surface area contributed by atoms with Crippen LogP contribution in [0.1, 0.15) is 25.5 Å². The number of aromatic amines is 1. The molecule has 2 rings (SSSR count). The van der Waals surface area contributed by atoms with Gasteiger partial charge in [0.25, 0.3) is 0 Å². The number of nitrogens with one attached hydrogen (secondary N) is 2. The highest BCUT2D eigenvalue weighted by molar-refractivity contribution is 7.99. The van der Waals surface area contributed by atoms with Crippen LogP contribution in [0.2, 0.25) is 5.02 Å². The minimum Gasteiger partial charge on any atom is -0.313 e. The van der Waals surface area contributed by atoms with Crippen molar-refractivity contribution in [2.75, 3.05) is 7.05 Å². The zero-order chi connectivity index (χ0) is 14.7. The van der Waals surface area contributed by atoms with Crippen LogP contribution >= 0.6 is 23.4 Å². The third-order valence-electron chi connectivity index (χ3n) is 3.13. The molecule has 0 spiro atoms. The number of benzene rings is 1. The maximum atomic E-state index is 11.5. The van der Waals surface area contributed by atoms with E-state index in [1.165, 1.54) is 11.8 Å². The van der Waals surface area contributed by atoms with Gasteiger partial charge in [0.15, 0.2) is 5.16 Å². The molecule has 20 heavy (non-hydrogen) atoms. The predicted octanol–water partition coefficient (Wildman–Crippen LogP) is 2.68. The highest BCUT2D eigenvalue weighted by Gasteiger charge is 2.12. The summed E-state index contributed by atoms with van der Waals surface area (Å²) in [5.74, 6) is 0. The van der Waals surface area contributed by atoms with Crippen molar-refractivity contribution < 1.29 is 0 Å². The Morgan fingerprint density at radius 2 is 2.30 bits per heavy atom. The van der Waals surface area contributed by atoms with E-state index in [0.29, 0.717) is 16.7 Å². The van der Waals surface area contributed by atoms with Crippen molar-refractivity contribution in [3.05, 3.63) is 39.3 Å². The third kappa shape index (κ3) is 3.08. The van der Waals surface area contributed by atoms with E-state index in [1.54, 1.807) is 4.57 Å². The van der Waals surface area contributed by atoms with Crippen molar-refractivity contribution in [2.45, 2.75) is 36.5 Å². The number of halogens is 1. The number of rotatable bonds is 5. The summed E-state index contributed by atoms with van der Waals surface area (Å²) in [6, 6.07) is 6.16. The summed E-state index contributed by atoms with van der Waals surface area (Å²) in [5, 5.41) is 10.9. The maximum absolute atomic E-state index is 11.5. The Kier molecular flexibility index (Phi) is 4.91. The summed E-state index contributed by atoms with van der Waals surface area (Å²) in [4.78, 5) is 12.4. The summed E-state index contributed by atoms with van der Waals surface area (Å²) < 4.78 is 1.57. The molecular weight excluding hydrogens is 296 g/mol. The molecule has 108 valence electrons. The van der Waals surface area contributed by atoms with Crippen LogP contribution < -0.4 is 11.0 Å². The van der Waals surface area contributed by atoms with E-state index in [1.807, 2.05) is 32.2 Å². The fraction of sp³-hybridized carbons (Fsp3) is 0.385. The first-order chi connectivity index (χ1) is 9.56. The van der Waals surface area contributed by atoms with Crippen molar-refractivity contribution in [1.82, 2.24) is 20.1 Å². The van der Waals surface area contributed by atoms with Crippen LogP contribution in [-0.4, -0.2) is 21.8 Å². The van der Waals surface area contributed by atoms with Gasteiger partial charge >= 0.3 is 5.69 Å². The first-order valence-corrected chi connectivity index (χ1v) is 7.56. The number of hydrogen-bond donors (Lipinski definition) is 2. The topological polar surface area (TPSA) is 62.7 Å². The molecule has 1 atom stereocenters. The monoisotopic (exact) mass is 312 g/mol. The van der Waals surface area contributed by atoms with Crippen molar-refractivity contribution >= 4 is 23.4 Å². The van der Waals surface area contributed by atoms with Crippen LogP contribution in [0.25, 0.3) is 0 Å². The van der Waals surface area contributed by atoms with Crippen molar-refractivity contribution in [3.63, 3.8) is 0 Å². The van der Waals surface area contributed by atoms with Crippen LogP contribution in [0.5, 0.6) is 0 Å². The first kappa shape index (κ1) is 15.2. The van der Waals surface area contributed by atoms with E-state index in [2.05, 4.69) is 22.4 Å². The van der Waals surface area contributed by atoms with Gasteiger partial charge in [-0.1, -0.05) is 17.7 Å². The van der Waals surface area contributed by atoms with Crippen molar-refractivity contribution in [1.29, 1.82) is 0 Å². The van der Waals surface area contributed by atoms with Crippen LogP contribution in [0, 0.1) is 0 Å². The Balaban J connectivity index is 2.28. The summed E-state index contributed by atoms with van der Waals surface area (Å²) >= 11 is 7.69. The molecule has 1 aromatic carbocycles. The van der Waals surface area contributed by atoms with Crippen LogP contribution in [-0.2, 0) is 6.54 Å². The van der Waals surface area contributed by atoms with Crippen molar-refractivity contribution in [3.8, 4) is 0 Å². The predicted molar refractivity (Wildman–Crippen MR) is 81.6 cm³/mol. The van der Waals surface area contributed by atoms with Gasteiger partial charge in [-0.05, 0) is 50.4 Å². The molecule has 1 unspecified atom stereocenters. The zero-order valence-corrected chi connectivity index (χ0v) is 13.2. The van der Waals surface area contributed by atoms with E-state index in [-0.39, 0.29) is 11.7 Å². The molecule has 2 aromatic rings. The summed E-state index contributed by atoms with van der Waals surface area (Å²) in [5.41, 5.74) is 0.920. The molecular formula is C13H17ClN4OS. The van der Waals surface area contributed by atoms with E-state index < -0.39 is 0 Å². The number of hydrogen-bond acceptors (Lipinski definition) is 4. The normalized spacial score (nSPS) is 12.6. The maximum Gasteiger partial charge on any atom is 0.343 e. The third-order valence-corrected chi connectivity index (χ3v) is 4.62. The number of nitrogens with zero attached hydrogens (tertiary/aromatic N) is 2. The van der Waals surface area contributed by atoms with Gasteiger partial charge in [0.1, 0.15) is 0 Å². The van der Waals surface area contributed by atoms with E-state index in [4.69, 9.17) is 11.6 Å². The lowest BCUT2D eigenvalue weighted by Gasteiger charge is -2.12. The van der Waals surface area contributed by atoms with Gasteiger partial charge in [-0.15, -0.1) is 5.10 Å². The second kappa shape index (κ2) is 6.47. The lowest BCUT2D eigenvalue weighted by Crippen LogP contribution is -2.16. The Morgan fingerprint density at radius 3 is 2.90 bits per heavy atom. The van der Waals surface area contributed by atoms with Gasteiger partial charge in [0.05, 0.1) is 5.02 Å². The van der Waals surface area contributed by atoms with E-state index in [0.717, 1.165) is 10.5 Å². The molecule has 0 saturated carbocycles. The molecule has 0 fully saturated rings. The molecule has 0 aliphatic rings.